The van der Waals surface area contributed by atoms with Crippen molar-refractivity contribution < 1.29 is 14.3 Å². The molecule has 0 heterocycles. The van der Waals surface area contributed by atoms with Gasteiger partial charge in [0.1, 0.15) is 0 Å². The standard InChI is InChI=1S/C8H15NO3/c1-5(2)4-6(10)7(9)8(11)12-3/h5,7H,4,9H2,1-3H3/t7-/m0/s1. The number of nitrogens with two attached hydrogens (primary N) is 1. The van der Waals surface area contributed by atoms with Crippen LogP contribution in [-0.4, -0.2) is 24.9 Å². The predicted octanol–water partition coefficient (Wildman–Crippen LogP) is 0.102. The Bertz CT molecular complexity index is 177. The van der Waals surface area contributed by atoms with Crippen LogP contribution in [-0.2, 0) is 14.3 Å². The van der Waals surface area contributed by atoms with Gasteiger partial charge in [0.2, 0.25) is 0 Å². The molecule has 0 fully saturated rings. The van der Waals surface area contributed by atoms with E-state index >= 15 is 0 Å². The zero-order valence-electron chi connectivity index (χ0n) is 7.66. The first-order chi connectivity index (χ1) is 5.49. The lowest BCUT2D eigenvalue weighted by Gasteiger charge is -2.09. The van der Waals surface area contributed by atoms with Crippen molar-refractivity contribution in [1.82, 2.24) is 0 Å². The number of rotatable bonds is 4. The highest BCUT2D eigenvalue weighted by atomic mass is 16.5. The molecule has 1 atom stereocenters. The van der Waals surface area contributed by atoms with Crippen molar-refractivity contribution in [2.75, 3.05) is 7.11 Å². The van der Waals surface area contributed by atoms with E-state index in [1.807, 2.05) is 13.8 Å². The fourth-order valence-electron chi connectivity index (χ4n) is 0.788. The first-order valence-corrected chi connectivity index (χ1v) is 3.85. The SMILES string of the molecule is COC(=O)[C@@H](N)C(=O)CC(C)C. The van der Waals surface area contributed by atoms with Crippen molar-refractivity contribution in [3.05, 3.63) is 0 Å². The third kappa shape index (κ3) is 3.48. The summed E-state index contributed by atoms with van der Waals surface area (Å²) in [6.45, 7) is 3.78. The van der Waals surface area contributed by atoms with E-state index in [0.29, 0.717) is 6.42 Å². The van der Waals surface area contributed by atoms with Gasteiger partial charge in [0, 0.05) is 6.42 Å². The quantitative estimate of drug-likeness (QED) is 0.483. The van der Waals surface area contributed by atoms with Crippen LogP contribution < -0.4 is 5.73 Å². The lowest BCUT2D eigenvalue weighted by molar-refractivity contribution is -0.145. The summed E-state index contributed by atoms with van der Waals surface area (Å²) in [5.74, 6) is -0.717. The van der Waals surface area contributed by atoms with Crippen LogP contribution >= 0.6 is 0 Å². The van der Waals surface area contributed by atoms with Crippen LogP contribution in [0.2, 0.25) is 0 Å². The maximum atomic E-state index is 11.1. The first-order valence-electron chi connectivity index (χ1n) is 3.85. The van der Waals surface area contributed by atoms with Gasteiger partial charge in [-0.05, 0) is 5.92 Å². The molecule has 4 nitrogen and oxygen atoms in total. The van der Waals surface area contributed by atoms with Crippen molar-refractivity contribution >= 4 is 11.8 Å². The normalized spacial score (nSPS) is 12.8. The fourth-order valence-corrected chi connectivity index (χ4v) is 0.788. The van der Waals surface area contributed by atoms with Crippen molar-refractivity contribution in [2.45, 2.75) is 26.3 Å². The van der Waals surface area contributed by atoms with Crippen LogP contribution in [0.3, 0.4) is 0 Å². The zero-order chi connectivity index (χ0) is 9.72. The van der Waals surface area contributed by atoms with Gasteiger partial charge in [-0.2, -0.15) is 0 Å². The van der Waals surface area contributed by atoms with Gasteiger partial charge < -0.3 is 10.5 Å². The molecule has 0 radical (unpaired) electrons. The van der Waals surface area contributed by atoms with Crippen LogP contribution in [0.4, 0.5) is 0 Å². The Labute approximate surface area is 72.1 Å². The average molecular weight is 173 g/mol. The number of ether oxygens (including phenoxy) is 1. The van der Waals surface area contributed by atoms with Gasteiger partial charge in [0.25, 0.3) is 0 Å². The summed E-state index contributed by atoms with van der Waals surface area (Å²) < 4.78 is 4.33. The Hall–Kier alpha value is -0.900. The summed E-state index contributed by atoms with van der Waals surface area (Å²) in [7, 11) is 1.21. The zero-order valence-corrected chi connectivity index (χ0v) is 7.66. The van der Waals surface area contributed by atoms with Crippen molar-refractivity contribution in [3.63, 3.8) is 0 Å². The fraction of sp³-hybridized carbons (Fsp3) is 0.750. The Balaban J connectivity index is 4.01. The third-order valence-electron chi connectivity index (χ3n) is 1.41. The van der Waals surface area contributed by atoms with Gasteiger partial charge in [-0.25, -0.2) is 4.79 Å². The monoisotopic (exact) mass is 173 g/mol. The molecule has 4 heteroatoms. The molecule has 0 amide bonds. The molecule has 0 saturated carbocycles. The van der Waals surface area contributed by atoms with Crippen LogP contribution in [0.5, 0.6) is 0 Å². The first kappa shape index (κ1) is 11.1. The maximum absolute atomic E-state index is 11.1. The minimum atomic E-state index is -1.11. The highest BCUT2D eigenvalue weighted by Crippen LogP contribution is 2.02. The van der Waals surface area contributed by atoms with Crippen LogP contribution in [0.15, 0.2) is 0 Å². The van der Waals surface area contributed by atoms with Gasteiger partial charge in [0.05, 0.1) is 7.11 Å². The van der Waals surface area contributed by atoms with Crippen LogP contribution in [0.1, 0.15) is 20.3 Å². The number of carbonyl (C=O) groups is 2. The van der Waals surface area contributed by atoms with E-state index in [-0.39, 0.29) is 11.7 Å². The molecule has 0 aliphatic heterocycles. The Morgan fingerprint density at radius 1 is 1.42 bits per heavy atom. The van der Waals surface area contributed by atoms with Crippen LogP contribution in [0.25, 0.3) is 0 Å². The highest BCUT2D eigenvalue weighted by Gasteiger charge is 2.22. The molecule has 0 aromatic rings. The molecule has 0 aliphatic rings. The van der Waals surface area contributed by atoms with Gasteiger partial charge in [-0.15, -0.1) is 0 Å². The summed E-state index contributed by atoms with van der Waals surface area (Å²) in [6, 6.07) is -1.11. The Morgan fingerprint density at radius 2 is 1.92 bits per heavy atom. The molecular formula is C8H15NO3. The van der Waals surface area contributed by atoms with E-state index in [0.717, 1.165) is 0 Å². The van der Waals surface area contributed by atoms with E-state index in [9.17, 15) is 9.59 Å². The molecule has 0 aromatic heterocycles. The second-order valence-electron chi connectivity index (χ2n) is 3.07. The number of ketones is 1. The minimum Gasteiger partial charge on any atom is -0.468 e. The number of Topliss-reactive ketones (excluding diaryl/α,β-unsaturated/α-hetero) is 1. The number of hydrogen-bond acceptors (Lipinski definition) is 4. The summed E-state index contributed by atoms with van der Waals surface area (Å²) in [5, 5.41) is 0. The lowest BCUT2D eigenvalue weighted by atomic mass is 10.0. The van der Waals surface area contributed by atoms with Crippen molar-refractivity contribution in [3.8, 4) is 0 Å². The largest absolute Gasteiger partial charge is 0.468 e. The minimum absolute atomic E-state index is 0.216. The molecule has 0 bridgehead atoms. The number of methoxy groups -OCH3 is 1. The Kier molecular flexibility index (Phi) is 4.51. The van der Waals surface area contributed by atoms with Crippen molar-refractivity contribution in [1.29, 1.82) is 0 Å². The third-order valence-corrected chi connectivity index (χ3v) is 1.41. The summed E-state index contributed by atoms with van der Waals surface area (Å²) in [5.41, 5.74) is 5.30. The predicted molar refractivity (Wildman–Crippen MR) is 44.5 cm³/mol. The smallest absolute Gasteiger partial charge is 0.330 e. The maximum Gasteiger partial charge on any atom is 0.330 e. The molecule has 2 N–H and O–H groups in total. The molecule has 0 rings (SSSR count). The van der Waals surface area contributed by atoms with E-state index in [1.165, 1.54) is 7.11 Å². The molecule has 0 unspecified atom stereocenters. The summed E-state index contributed by atoms with van der Waals surface area (Å²) in [6.07, 6.45) is 0.316. The van der Waals surface area contributed by atoms with E-state index < -0.39 is 12.0 Å². The molecule has 0 aromatic carbocycles. The summed E-state index contributed by atoms with van der Waals surface area (Å²) in [4.78, 5) is 21.9. The van der Waals surface area contributed by atoms with Gasteiger partial charge in [0.15, 0.2) is 11.8 Å². The molecule has 12 heavy (non-hydrogen) atoms. The topological polar surface area (TPSA) is 69.4 Å². The van der Waals surface area contributed by atoms with E-state index in [1.54, 1.807) is 0 Å². The van der Waals surface area contributed by atoms with Crippen LogP contribution in [0, 0.1) is 5.92 Å². The van der Waals surface area contributed by atoms with E-state index in [4.69, 9.17) is 5.73 Å². The average Bonchev–Trinajstić information content (AvgIpc) is 2.00. The highest BCUT2D eigenvalue weighted by molar-refractivity contribution is 6.02. The molecule has 0 spiro atoms. The van der Waals surface area contributed by atoms with Crippen molar-refractivity contribution in [2.24, 2.45) is 11.7 Å². The molecule has 70 valence electrons. The number of hydrogen-bond donors (Lipinski definition) is 1. The Morgan fingerprint density at radius 3 is 2.25 bits per heavy atom. The molecule has 0 saturated heterocycles. The lowest BCUT2D eigenvalue weighted by Crippen LogP contribution is -2.39. The van der Waals surface area contributed by atoms with Gasteiger partial charge in [-0.1, -0.05) is 13.8 Å². The second-order valence-corrected chi connectivity index (χ2v) is 3.07. The number of esters is 1. The van der Waals surface area contributed by atoms with Gasteiger partial charge in [-0.3, -0.25) is 4.79 Å². The number of carbonyl (C=O) groups excluding carboxylic acids is 2. The second kappa shape index (κ2) is 4.87. The molecule has 0 aliphatic carbocycles. The van der Waals surface area contributed by atoms with E-state index in [2.05, 4.69) is 4.74 Å². The molecular weight excluding hydrogens is 158 g/mol. The summed E-state index contributed by atoms with van der Waals surface area (Å²) >= 11 is 0. The van der Waals surface area contributed by atoms with Gasteiger partial charge >= 0.3 is 5.97 Å².